The number of rotatable bonds is 4. The number of nitrogens with zero attached hydrogens (tertiary/aromatic N) is 1. The minimum absolute atomic E-state index is 0.342. The molecule has 0 radical (unpaired) electrons. The number of carbonyl (C=O) groups excluding carboxylic acids is 2. The van der Waals surface area contributed by atoms with Crippen LogP contribution in [0.4, 0.5) is 5.00 Å². The Kier molecular flexibility index (Phi) is 5.02. The fourth-order valence-electron chi connectivity index (χ4n) is 3.75. The van der Waals surface area contributed by atoms with E-state index in [-0.39, 0.29) is 6.61 Å². The number of nitriles is 1. The first-order valence-corrected chi connectivity index (χ1v) is 10.8. The SMILES string of the molecule is CC1CCc2c(sc(NC(=O)COC(=O)c3cc4c(s3)CCC4)c2C#N)C1. The maximum absolute atomic E-state index is 12.2. The summed E-state index contributed by atoms with van der Waals surface area (Å²) < 4.78 is 5.17. The molecule has 0 saturated heterocycles. The van der Waals surface area contributed by atoms with E-state index in [2.05, 4.69) is 18.3 Å². The van der Waals surface area contributed by atoms with Gasteiger partial charge in [-0.05, 0) is 61.6 Å². The maximum Gasteiger partial charge on any atom is 0.348 e. The van der Waals surface area contributed by atoms with E-state index in [1.54, 1.807) is 0 Å². The molecular formula is C20H20N2O3S2. The van der Waals surface area contributed by atoms with E-state index in [1.807, 2.05) is 6.07 Å². The van der Waals surface area contributed by atoms with Crippen LogP contribution in [0.15, 0.2) is 6.07 Å². The maximum atomic E-state index is 12.2. The van der Waals surface area contributed by atoms with Crippen LogP contribution >= 0.6 is 22.7 Å². The van der Waals surface area contributed by atoms with Crippen molar-refractivity contribution in [2.75, 3.05) is 11.9 Å². The number of hydrogen-bond acceptors (Lipinski definition) is 6. The van der Waals surface area contributed by atoms with Gasteiger partial charge < -0.3 is 10.1 Å². The molecule has 0 aliphatic heterocycles. The molecule has 1 amide bonds. The molecule has 0 aromatic carbocycles. The van der Waals surface area contributed by atoms with Gasteiger partial charge in [0.1, 0.15) is 15.9 Å². The van der Waals surface area contributed by atoms with Crippen molar-refractivity contribution in [1.29, 1.82) is 5.26 Å². The average Bonchev–Trinajstić information content (AvgIpc) is 3.31. The third-order valence-electron chi connectivity index (χ3n) is 5.16. The summed E-state index contributed by atoms with van der Waals surface area (Å²) >= 11 is 2.94. The van der Waals surface area contributed by atoms with Crippen LogP contribution in [0.5, 0.6) is 0 Å². The lowest BCUT2D eigenvalue weighted by molar-refractivity contribution is -0.119. The van der Waals surface area contributed by atoms with Crippen LogP contribution in [0.25, 0.3) is 0 Å². The highest BCUT2D eigenvalue weighted by Crippen LogP contribution is 2.39. The lowest BCUT2D eigenvalue weighted by Gasteiger charge is -2.17. The van der Waals surface area contributed by atoms with Crippen LogP contribution in [0.2, 0.25) is 0 Å². The highest BCUT2D eigenvalue weighted by molar-refractivity contribution is 7.16. The molecule has 0 spiro atoms. The van der Waals surface area contributed by atoms with Gasteiger partial charge in [0.25, 0.3) is 5.91 Å². The van der Waals surface area contributed by atoms with E-state index >= 15 is 0 Å². The summed E-state index contributed by atoms with van der Waals surface area (Å²) in [5, 5.41) is 12.8. The van der Waals surface area contributed by atoms with Gasteiger partial charge in [-0.3, -0.25) is 4.79 Å². The predicted octanol–water partition coefficient (Wildman–Crippen LogP) is 4.09. The number of anilines is 1. The molecule has 2 aliphatic carbocycles. The van der Waals surface area contributed by atoms with Gasteiger partial charge in [0.2, 0.25) is 0 Å². The van der Waals surface area contributed by atoms with Crippen LogP contribution in [0.3, 0.4) is 0 Å². The molecule has 5 nitrogen and oxygen atoms in total. The summed E-state index contributed by atoms with van der Waals surface area (Å²) in [5.74, 6) is -0.264. The fraction of sp³-hybridized carbons (Fsp3) is 0.450. The number of nitrogens with one attached hydrogen (secondary N) is 1. The second kappa shape index (κ2) is 7.45. The van der Waals surface area contributed by atoms with E-state index < -0.39 is 11.9 Å². The zero-order valence-corrected chi connectivity index (χ0v) is 16.7. The zero-order valence-electron chi connectivity index (χ0n) is 15.1. The number of thiophene rings is 2. The first-order valence-electron chi connectivity index (χ1n) is 9.18. The molecular weight excluding hydrogens is 380 g/mol. The van der Waals surface area contributed by atoms with Crippen molar-refractivity contribution < 1.29 is 14.3 Å². The summed E-state index contributed by atoms with van der Waals surface area (Å²) in [7, 11) is 0. The van der Waals surface area contributed by atoms with Crippen molar-refractivity contribution in [3.63, 3.8) is 0 Å². The van der Waals surface area contributed by atoms with E-state index in [0.717, 1.165) is 44.1 Å². The quantitative estimate of drug-likeness (QED) is 0.784. The summed E-state index contributed by atoms with van der Waals surface area (Å²) in [6.45, 7) is 1.86. The normalized spacial score (nSPS) is 17.7. The largest absolute Gasteiger partial charge is 0.451 e. The van der Waals surface area contributed by atoms with Gasteiger partial charge >= 0.3 is 5.97 Å². The predicted molar refractivity (Wildman–Crippen MR) is 105 cm³/mol. The molecule has 4 rings (SSSR count). The lowest BCUT2D eigenvalue weighted by atomic mass is 9.89. The molecule has 2 aliphatic rings. The molecule has 7 heteroatoms. The Bertz CT molecular complexity index is 930. The van der Waals surface area contributed by atoms with Crippen LogP contribution in [0, 0.1) is 17.2 Å². The van der Waals surface area contributed by atoms with Crippen molar-refractivity contribution in [3.8, 4) is 6.07 Å². The minimum atomic E-state index is -0.454. The molecule has 2 aromatic heterocycles. The van der Waals surface area contributed by atoms with E-state index in [1.165, 1.54) is 38.0 Å². The number of carbonyl (C=O) groups is 2. The third-order valence-corrected chi connectivity index (χ3v) is 7.55. The second-order valence-corrected chi connectivity index (χ2v) is 9.45. The molecule has 140 valence electrons. The Labute approximate surface area is 166 Å². The van der Waals surface area contributed by atoms with Gasteiger partial charge in [-0.1, -0.05) is 6.92 Å². The van der Waals surface area contributed by atoms with Gasteiger partial charge in [0.05, 0.1) is 5.56 Å². The van der Waals surface area contributed by atoms with Gasteiger partial charge in [0, 0.05) is 9.75 Å². The number of ether oxygens (including phenoxy) is 1. The highest BCUT2D eigenvalue weighted by atomic mass is 32.1. The molecule has 2 aromatic rings. The Hall–Kier alpha value is -2.17. The first kappa shape index (κ1) is 18.2. The molecule has 0 bridgehead atoms. The van der Waals surface area contributed by atoms with Crippen LogP contribution < -0.4 is 5.32 Å². The third kappa shape index (κ3) is 3.64. The second-order valence-electron chi connectivity index (χ2n) is 7.20. The Morgan fingerprint density at radius 3 is 2.93 bits per heavy atom. The van der Waals surface area contributed by atoms with Crippen LogP contribution in [0.1, 0.15) is 55.9 Å². The fourth-order valence-corrected chi connectivity index (χ4v) is 6.28. The number of amides is 1. The van der Waals surface area contributed by atoms with Crippen molar-refractivity contribution in [2.24, 2.45) is 5.92 Å². The summed E-state index contributed by atoms with van der Waals surface area (Å²) in [6.07, 6.45) is 6.06. The Morgan fingerprint density at radius 1 is 1.30 bits per heavy atom. The topological polar surface area (TPSA) is 79.2 Å². The average molecular weight is 401 g/mol. The molecule has 0 saturated carbocycles. The van der Waals surface area contributed by atoms with E-state index in [0.29, 0.717) is 21.4 Å². The van der Waals surface area contributed by atoms with Gasteiger partial charge in [-0.15, -0.1) is 22.7 Å². The Morgan fingerprint density at radius 2 is 2.15 bits per heavy atom. The smallest absolute Gasteiger partial charge is 0.348 e. The minimum Gasteiger partial charge on any atom is -0.451 e. The number of aryl methyl sites for hydroxylation is 2. The van der Waals surface area contributed by atoms with Crippen molar-refractivity contribution in [2.45, 2.75) is 45.4 Å². The monoisotopic (exact) mass is 400 g/mol. The van der Waals surface area contributed by atoms with Crippen LogP contribution in [-0.2, 0) is 35.2 Å². The molecule has 27 heavy (non-hydrogen) atoms. The molecule has 2 heterocycles. The summed E-state index contributed by atoms with van der Waals surface area (Å²) in [4.78, 5) is 27.4. The number of hydrogen-bond donors (Lipinski definition) is 1. The van der Waals surface area contributed by atoms with E-state index in [4.69, 9.17) is 4.74 Å². The highest BCUT2D eigenvalue weighted by Gasteiger charge is 2.25. The molecule has 1 N–H and O–H groups in total. The van der Waals surface area contributed by atoms with Crippen molar-refractivity contribution in [3.05, 3.63) is 37.4 Å². The van der Waals surface area contributed by atoms with Crippen LogP contribution in [-0.4, -0.2) is 18.5 Å². The first-order chi connectivity index (χ1) is 13.0. The Balaban J connectivity index is 1.38. The van der Waals surface area contributed by atoms with Crippen molar-refractivity contribution in [1.82, 2.24) is 0 Å². The summed E-state index contributed by atoms with van der Waals surface area (Å²) in [5.41, 5.74) is 2.87. The number of esters is 1. The zero-order chi connectivity index (χ0) is 19.0. The number of fused-ring (bicyclic) bond motifs is 2. The standard InChI is InChI=1S/C20H20N2O3S2/c1-11-5-6-13-14(9-21)19(27-16(13)7-11)22-18(23)10-25-20(24)17-8-12-3-2-4-15(12)26-17/h8,11H,2-7,10H2,1H3,(H,22,23). The van der Waals surface area contributed by atoms with Gasteiger partial charge in [0.15, 0.2) is 6.61 Å². The van der Waals surface area contributed by atoms with E-state index in [9.17, 15) is 14.9 Å². The van der Waals surface area contributed by atoms with Gasteiger partial charge in [-0.2, -0.15) is 5.26 Å². The van der Waals surface area contributed by atoms with Gasteiger partial charge in [-0.25, -0.2) is 4.79 Å². The molecule has 0 fully saturated rings. The molecule has 1 unspecified atom stereocenters. The van der Waals surface area contributed by atoms with Crippen molar-refractivity contribution >= 4 is 39.6 Å². The lowest BCUT2D eigenvalue weighted by Crippen LogP contribution is -2.20. The summed E-state index contributed by atoms with van der Waals surface area (Å²) in [6, 6.07) is 4.11. The molecule has 1 atom stereocenters.